The number of alkyl halides is 3. The number of pyridine rings is 1. The molecule has 2 aromatic rings. The van der Waals surface area contributed by atoms with Crippen LogP contribution in [0, 0.1) is 0 Å². The minimum atomic E-state index is -4.69. The Balaban J connectivity index is 2.25. The second kappa shape index (κ2) is 8.18. The molecule has 0 saturated heterocycles. The highest BCUT2D eigenvalue weighted by molar-refractivity contribution is 6.30. The number of carbonyl (C=O) groups is 2. The summed E-state index contributed by atoms with van der Waals surface area (Å²) < 4.78 is 39.3. The Morgan fingerprint density at radius 2 is 1.88 bits per heavy atom. The first kappa shape index (κ1) is 19.7. The van der Waals surface area contributed by atoms with Crippen molar-refractivity contribution in [1.82, 2.24) is 10.3 Å². The molecule has 0 atom stereocenters. The van der Waals surface area contributed by atoms with E-state index < -0.39 is 29.2 Å². The minimum Gasteiger partial charge on any atom is -0.352 e. The smallest absolute Gasteiger partial charge is 0.352 e. The number of anilines is 1. The molecule has 2 rings (SSSR count). The molecule has 0 fully saturated rings. The predicted molar refractivity (Wildman–Crippen MR) is 91.3 cm³/mol. The Labute approximate surface area is 152 Å². The zero-order chi connectivity index (χ0) is 19.3. The Kier molecular flexibility index (Phi) is 6.20. The number of hydrogen-bond acceptors (Lipinski definition) is 3. The van der Waals surface area contributed by atoms with E-state index in [1.807, 2.05) is 6.92 Å². The van der Waals surface area contributed by atoms with E-state index in [0.29, 0.717) is 6.54 Å². The van der Waals surface area contributed by atoms with E-state index in [-0.39, 0.29) is 16.3 Å². The van der Waals surface area contributed by atoms with Crippen molar-refractivity contribution in [3.05, 3.63) is 58.4 Å². The van der Waals surface area contributed by atoms with E-state index in [9.17, 15) is 22.8 Å². The van der Waals surface area contributed by atoms with Crippen molar-refractivity contribution in [3.8, 4) is 0 Å². The summed E-state index contributed by atoms with van der Waals surface area (Å²) in [4.78, 5) is 28.0. The number of nitrogens with zero attached hydrogens (tertiary/aromatic N) is 1. The molecular weight excluding hydrogens is 371 g/mol. The van der Waals surface area contributed by atoms with Crippen LogP contribution in [0.1, 0.15) is 39.8 Å². The molecule has 0 spiro atoms. The van der Waals surface area contributed by atoms with Crippen LogP contribution in [0.5, 0.6) is 0 Å². The fraction of sp³-hybridized carbons (Fsp3) is 0.235. The van der Waals surface area contributed by atoms with Gasteiger partial charge in [0.1, 0.15) is 5.69 Å². The first-order valence-electron chi connectivity index (χ1n) is 7.64. The summed E-state index contributed by atoms with van der Waals surface area (Å²) in [7, 11) is 0. The summed E-state index contributed by atoms with van der Waals surface area (Å²) in [6.45, 7) is 2.35. The third kappa shape index (κ3) is 4.95. The summed E-state index contributed by atoms with van der Waals surface area (Å²) in [6, 6.07) is 5.63. The van der Waals surface area contributed by atoms with Crippen LogP contribution in [0.4, 0.5) is 18.9 Å². The maximum absolute atomic E-state index is 13.1. The lowest BCUT2D eigenvalue weighted by Crippen LogP contribution is -2.25. The molecule has 2 N–H and O–H groups in total. The molecule has 0 bridgehead atoms. The van der Waals surface area contributed by atoms with Crippen molar-refractivity contribution in [3.63, 3.8) is 0 Å². The highest BCUT2D eigenvalue weighted by Gasteiger charge is 2.34. The van der Waals surface area contributed by atoms with Gasteiger partial charge in [0, 0.05) is 23.3 Å². The molecule has 5 nitrogen and oxygen atoms in total. The van der Waals surface area contributed by atoms with E-state index in [0.717, 1.165) is 18.6 Å². The van der Waals surface area contributed by atoms with Crippen LogP contribution in [-0.4, -0.2) is 23.3 Å². The van der Waals surface area contributed by atoms with E-state index in [4.69, 9.17) is 11.6 Å². The number of rotatable bonds is 5. The van der Waals surface area contributed by atoms with Gasteiger partial charge >= 0.3 is 6.18 Å². The van der Waals surface area contributed by atoms with Crippen LogP contribution in [0.15, 0.2) is 36.5 Å². The van der Waals surface area contributed by atoms with Crippen molar-refractivity contribution < 1.29 is 22.8 Å². The maximum Gasteiger partial charge on any atom is 0.418 e. The molecule has 26 heavy (non-hydrogen) atoms. The average molecular weight is 386 g/mol. The number of amides is 2. The summed E-state index contributed by atoms with van der Waals surface area (Å²) in [5, 5.41) is 4.69. The lowest BCUT2D eigenvalue weighted by molar-refractivity contribution is -0.136. The summed E-state index contributed by atoms with van der Waals surface area (Å²) in [5.74, 6) is -1.27. The van der Waals surface area contributed by atoms with Crippen molar-refractivity contribution in [2.24, 2.45) is 0 Å². The summed E-state index contributed by atoms with van der Waals surface area (Å²) in [6.07, 6.45) is -2.72. The van der Waals surface area contributed by atoms with Gasteiger partial charge in [0.2, 0.25) is 0 Å². The average Bonchev–Trinajstić information content (AvgIpc) is 2.60. The number of halogens is 4. The zero-order valence-electron chi connectivity index (χ0n) is 13.7. The molecule has 0 unspecified atom stereocenters. The van der Waals surface area contributed by atoms with Gasteiger partial charge in [-0.2, -0.15) is 13.2 Å². The molecule has 9 heteroatoms. The fourth-order valence-electron chi connectivity index (χ4n) is 2.08. The van der Waals surface area contributed by atoms with Gasteiger partial charge in [0.25, 0.3) is 11.8 Å². The van der Waals surface area contributed by atoms with Crippen LogP contribution in [0.2, 0.25) is 5.02 Å². The number of nitrogens with one attached hydrogen (secondary N) is 2. The second-order valence-corrected chi connectivity index (χ2v) is 5.76. The Morgan fingerprint density at radius 1 is 1.15 bits per heavy atom. The molecular formula is C17H15ClF3N3O2. The molecule has 0 saturated carbocycles. The Hall–Kier alpha value is -2.61. The highest BCUT2D eigenvalue weighted by atomic mass is 35.5. The van der Waals surface area contributed by atoms with E-state index in [1.54, 1.807) is 0 Å². The second-order valence-electron chi connectivity index (χ2n) is 5.33. The molecule has 0 radical (unpaired) electrons. The van der Waals surface area contributed by atoms with Gasteiger partial charge in [0.15, 0.2) is 0 Å². The van der Waals surface area contributed by atoms with E-state index >= 15 is 0 Å². The standard InChI is InChI=1S/C17H15ClF3N3O2/c1-2-6-23-15(25)10-5-7-22-14(8-10)16(26)24-13-4-3-11(18)9-12(13)17(19,20)21/h3-5,7-9H,2,6H2,1H3,(H,23,25)(H,24,26). The largest absolute Gasteiger partial charge is 0.418 e. The first-order valence-corrected chi connectivity index (χ1v) is 8.02. The molecule has 2 amide bonds. The lowest BCUT2D eigenvalue weighted by Gasteiger charge is -2.14. The van der Waals surface area contributed by atoms with Crippen LogP contribution < -0.4 is 10.6 Å². The van der Waals surface area contributed by atoms with Gasteiger partial charge in [-0.3, -0.25) is 14.6 Å². The molecule has 1 heterocycles. The molecule has 0 aliphatic heterocycles. The minimum absolute atomic E-state index is 0.108. The molecule has 0 aliphatic carbocycles. The number of aromatic nitrogens is 1. The van der Waals surface area contributed by atoms with Gasteiger partial charge < -0.3 is 10.6 Å². The van der Waals surface area contributed by atoms with E-state index in [1.165, 1.54) is 24.4 Å². The first-order chi connectivity index (χ1) is 12.2. The third-order valence-corrected chi connectivity index (χ3v) is 3.56. The van der Waals surface area contributed by atoms with Crippen molar-refractivity contribution >= 4 is 29.1 Å². The van der Waals surface area contributed by atoms with Crippen molar-refractivity contribution in [2.75, 3.05) is 11.9 Å². The van der Waals surface area contributed by atoms with Gasteiger partial charge in [0.05, 0.1) is 11.3 Å². The van der Waals surface area contributed by atoms with Crippen LogP contribution >= 0.6 is 11.6 Å². The van der Waals surface area contributed by atoms with Gasteiger partial charge in [-0.25, -0.2) is 0 Å². The zero-order valence-corrected chi connectivity index (χ0v) is 14.4. The number of benzene rings is 1. The monoisotopic (exact) mass is 385 g/mol. The SMILES string of the molecule is CCCNC(=O)c1ccnc(C(=O)Nc2ccc(Cl)cc2C(F)(F)F)c1. The maximum atomic E-state index is 13.1. The molecule has 0 aliphatic rings. The van der Waals surface area contributed by atoms with E-state index in [2.05, 4.69) is 15.6 Å². The van der Waals surface area contributed by atoms with Gasteiger partial charge in [-0.1, -0.05) is 18.5 Å². The topological polar surface area (TPSA) is 71.1 Å². The lowest BCUT2D eigenvalue weighted by atomic mass is 10.1. The van der Waals surface area contributed by atoms with Crippen LogP contribution in [0.25, 0.3) is 0 Å². The third-order valence-electron chi connectivity index (χ3n) is 3.33. The van der Waals surface area contributed by atoms with Crippen molar-refractivity contribution in [2.45, 2.75) is 19.5 Å². The van der Waals surface area contributed by atoms with Crippen LogP contribution in [0.3, 0.4) is 0 Å². The van der Waals surface area contributed by atoms with Gasteiger partial charge in [-0.05, 0) is 36.8 Å². The van der Waals surface area contributed by atoms with Crippen LogP contribution in [-0.2, 0) is 6.18 Å². The normalized spacial score (nSPS) is 11.1. The summed E-state index contributed by atoms with van der Waals surface area (Å²) >= 11 is 5.60. The summed E-state index contributed by atoms with van der Waals surface area (Å²) in [5.41, 5.74) is -1.52. The highest BCUT2D eigenvalue weighted by Crippen LogP contribution is 2.36. The molecule has 1 aromatic carbocycles. The molecule has 1 aromatic heterocycles. The van der Waals surface area contributed by atoms with Gasteiger partial charge in [-0.15, -0.1) is 0 Å². The number of carbonyl (C=O) groups excluding carboxylic acids is 2. The number of hydrogen-bond donors (Lipinski definition) is 2. The molecule has 138 valence electrons. The Morgan fingerprint density at radius 3 is 2.54 bits per heavy atom. The predicted octanol–water partition coefficient (Wildman–Crippen LogP) is 4.15. The fourth-order valence-corrected chi connectivity index (χ4v) is 2.26. The van der Waals surface area contributed by atoms with Crippen molar-refractivity contribution in [1.29, 1.82) is 0 Å². The Bertz CT molecular complexity index is 825. The quantitative estimate of drug-likeness (QED) is 0.812.